The van der Waals surface area contributed by atoms with Gasteiger partial charge >= 0.3 is 12.1 Å². The number of pyridine rings is 1. The number of carbonyl (C=O) groups excluding carboxylic acids is 5. The molecule has 2 N–H and O–H groups in total. The highest BCUT2D eigenvalue weighted by molar-refractivity contribution is 5.99. The van der Waals surface area contributed by atoms with Crippen LogP contribution in [0.15, 0.2) is 30.3 Å². The first-order valence-corrected chi connectivity index (χ1v) is 15.2. The van der Waals surface area contributed by atoms with Crippen LogP contribution < -0.4 is 10.1 Å². The van der Waals surface area contributed by atoms with E-state index in [0.717, 1.165) is 6.42 Å². The third-order valence-corrected chi connectivity index (χ3v) is 8.60. The smallest absolute Gasteiger partial charge is 0.409 e. The summed E-state index contributed by atoms with van der Waals surface area (Å²) in [4.78, 5) is 84.4. The zero-order valence-electron chi connectivity index (χ0n) is 25.1. The van der Waals surface area contributed by atoms with E-state index in [1.54, 1.807) is 36.1 Å². The van der Waals surface area contributed by atoms with Gasteiger partial charge in [-0.2, -0.15) is 0 Å². The lowest BCUT2D eigenvalue weighted by molar-refractivity contribution is -0.138. The molecule has 0 spiro atoms. The van der Waals surface area contributed by atoms with E-state index in [9.17, 15) is 33.9 Å². The Morgan fingerprint density at radius 3 is 2.49 bits per heavy atom. The molecule has 1 aromatic carbocycles. The molecule has 3 heterocycles. The van der Waals surface area contributed by atoms with Crippen molar-refractivity contribution < 1.29 is 43.3 Å². The van der Waals surface area contributed by atoms with Crippen LogP contribution in [0.3, 0.4) is 0 Å². The fourth-order valence-corrected chi connectivity index (χ4v) is 6.16. The molecular formula is C31H37N5O9. The van der Waals surface area contributed by atoms with Gasteiger partial charge in [0, 0.05) is 69.5 Å². The van der Waals surface area contributed by atoms with E-state index in [0.29, 0.717) is 30.4 Å². The lowest BCUT2D eigenvalue weighted by Gasteiger charge is -2.35. The van der Waals surface area contributed by atoms with Gasteiger partial charge in [-0.05, 0) is 37.8 Å². The number of Topliss-reactive ketones (excluding diaryl/α,β-unsaturated/α-hetero) is 1. The monoisotopic (exact) mass is 623 g/mol. The zero-order chi connectivity index (χ0) is 32.1. The molecule has 2 aliphatic heterocycles. The van der Waals surface area contributed by atoms with Gasteiger partial charge in [0.2, 0.25) is 5.91 Å². The molecular weight excluding hydrogens is 586 g/mol. The molecule has 2 unspecified atom stereocenters. The zero-order valence-corrected chi connectivity index (χ0v) is 25.1. The molecule has 1 aliphatic carbocycles. The highest BCUT2D eigenvalue weighted by Crippen LogP contribution is 2.35. The van der Waals surface area contributed by atoms with Crippen molar-refractivity contribution in [2.45, 2.75) is 38.6 Å². The van der Waals surface area contributed by atoms with E-state index >= 15 is 0 Å². The summed E-state index contributed by atoms with van der Waals surface area (Å²) in [6.07, 6.45) is 0.382. The van der Waals surface area contributed by atoms with E-state index in [1.807, 2.05) is 0 Å². The second-order valence-electron chi connectivity index (χ2n) is 11.5. The van der Waals surface area contributed by atoms with Crippen molar-refractivity contribution in [1.82, 2.24) is 25.0 Å². The van der Waals surface area contributed by atoms with Gasteiger partial charge in [0.1, 0.15) is 23.3 Å². The van der Waals surface area contributed by atoms with Crippen molar-refractivity contribution >= 4 is 46.5 Å². The molecule has 2 aromatic rings. The summed E-state index contributed by atoms with van der Waals surface area (Å²) in [5.74, 6) is -2.03. The molecule has 2 saturated heterocycles. The normalized spacial score (nSPS) is 20.1. The second-order valence-corrected chi connectivity index (χ2v) is 11.5. The van der Waals surface area contributed by atoms with Gasteiger partial charge in [0.15, 0.2) is 6.61 Å². The molecule has 3 atom stereocenters. The van der Waals surface area contributed by atoms with Gasteiger partial charge < -0.3 is 34.6 Å². The predicted octanol–water partition coefficient (Wildman–Crippen LogP) is 1.32. The van der Waals surface area contributed by atoms with Gasteiger partial charge in [-0.1, -0.05) is 12.1 Å². The average Bonchev–Trinajstić information content (AvgIpc) is 3.63. The first kappa shape index (κ1) is 31.7. The minimum absolute atomic E-state index is 0.0716. The summed E-state index contributed by atoms with van der Waals surface area (Å²) in [5.41, 5.74) is 0.357. The maximum absolute atomic E-state index is 13.5. The maximum Gasteiger partial charge on any atom is 0.409 e. The summed E-state index contributed by atoms with van der Waals surface area (Å²) in [5, 5.41) is 12.5. The number of ether oxygens (including phenoxy) is 2. The number of nitrogens with one attached hydrogen (secondary N) is 1. The molecule has 14 nitrogen and oxygen atoms in total. The van der Waals surface area contributed by atoms with Crippen molar-refractivity contribution in [2.24, 2.45) is 11.8 Å². The topological polar surface area (TPSA) is 176 Å². The van der Waals surface area contributed by atoms with Crippen LogP contribution in [0, 0.1) is 11.8 Å². The molecule has 3 fully saturated rings. The molecule has 5 rings (SSSR count). The third kappa shape index (κ3) is 7.32. The van der Waals surface area contributed by atoms with E-state index in [1.165, 1.54) is 15.9 Å². The van der Waals surface area contributed by atoms with Gasteiger partial charge in [0.25, 0.3) is 11.8 Å². The van der Waals surface area contributed by atoms with Gasteiger partial charge in [-0.25, -0.2) is 9.78 Å². The first-order chi connectivity index (χ1) is 21.6. The lowest BCUT2D eigenvalue weighted by atomic mass is 10.0. The Hall–Kier alpha value is -4.75. The molecule has 4 amide bonds. The van der Waals surface area contributed by atoms with Crippen LogP contribution in [-0.2, 0) is 23.9 Å². The number of para-hydroxylation sites is 1. The van der Waals surface area contributed by atoms with Crippen molar-refractivity contribution in [1.29, 1.82) is 0 Å². The summed E-state index contributed by atoms with van der Waals surface area (Å²) < 4.78 is 10.9. The number of aliphatic carboxylic acids is 1. The largest absolute Gasteiger partial charge is 0.483 e. The highest BCUT2D eigenvalue weighted by Gasteiger charge is 2.43. The van der Waals surface area contributed by atoms with E-state index in [2.05, 4.69) is 10.3 Å². The molecule has 0 bridgehead atoms. The number of aromatic nitrogens is 1. The number of amides is 4. The lowest BCUT2D eigenvalue weighted by Crippen LogP contribution is -2.56. The number of hydrogen-bond donors (Lipinski definition) is 2. The Balaban J connectivity index is 1.28. The van der Waals surface area contributed by atoms with Gasteiger partial charge in [0.05, 0.1) is 12.1 Å². The SMILES string of the molecule is CCOC(=O)N1CCN(C(=O)[C@H](CCC(=O)O)NC(=O)c2cc(OCC(=O)N3CC4CCC(=O)C4C3)c3ccccc3n2)CC1. The standard InChI is InChI=1S/C31H37N5O9/c1-2-44-31(43)35-13-11-34(12-14-35)30(42)23(8-10-28(39)40)33-29(41)24-15-26(20-5-3-4-6-22(20)32-24)45-18-27(38)36-16-19-7-9-25(37)21(19)17-36/h3-6,15,19,21,23H,2,7-14,16-18H2,1H3,(H,33,41)(H,39,40)/t19?,21?,23-/m0/s1. The number of ketones is 1. The number of piperazine rings is 1. The number of carbonyl (C=O) groups is 6. The van der Waals surface area contributed by atoms with Crippen LogP contribution in [0.4, 0.5) is 4.79 Å². The number of hydrogen-bond acceptors (Lipinski definition) is 9. The predicted molar refractivity (Wildman–Crippen MR) is 158 cm³/mol. The number of benzene rings is 1. The molecule has 1 aromatic heterocycles. The number of fused-ring (bicyclic) bond motifs is 2. The molecule has 3 aliphatic rings. The first-order valence-electron chi connectivity index (χ1n) is 15.2. The van der Waals surface area contributed by atoms with E-state index < -0.39 is 29.9 Å². The Labute approximate surface area is 259 Å². The van der Waals surface area contributed by atoms with Crippen molar-refractivity contribution in [3.05, 3.63) is 36.0 Å². The average molecular weight is 624 g/mol. The fraction of sp³-hybridized carbons (Fsp3) is 0.516. The van der Waals surface area contributed by atoms with Crippen LogP contribution in [0.2, 0.25) is 0 Å². The van der Waals surface area contributed by atoms with Gasteiger partial charge in [-0.3, -0.25) is 24.0 Å². The fourth-order valence-electron chi connectivity index (χ4n) is 6.16. The molecule has 14 heteroatoms. The van der Waals surface area contributed by atoms with Gasteiger partial charge in [-0.15, -0.1) is 0 Å². The third-order valence-electron chi connectivity index (χ3n) is 8.60. The molecule has 1 saturated carbocycles. The van der Waals surface area contributed by atoms with E-state index in [-0.39, 0.29) is 87.2 Å². The van der Waals surface area contributed by atoms with Crippen molar-refractivity contribution in [3.63, 3.8) is 0 Å². The van der Waals surface area contributed by atoms with E-state index in [4.69, 9.17) is 9.47 Å². The van der Waals surface area contributed by atoms with Crippen LogP contribution in [0.25, 0.3) is 10.9 Å². The van der Waals surface area contributed by atoms with Crippen molar-refractivity contribution in [2.75, 3.05) is 52.5 Å². The molecule has 240 valence electrons. The summed E-state index contributed by atoms with van der Waals surface area (Å²) in [6.45, 7) is 3.43. The number of nitrogens with zero attached hydrogens (tertiary/aromatic N) is 4. The number of likely N-dealkylation sites (tertiary alicyclic amines) is 1. The minimum Gasteiger partial charge on any atom is -0.483 e. The summed E-state index contributed by atoms with van der Waals surface area (Å²) >= 11 is 0. The van der Waals surface area contributed by atoms with Crippen LogP contribution in [0.5, 0.6) is 5.75 Å². The number of carboxylic acid groups (broad SMARTS) is 1. The second kappa shape index (κ2) is 13.9. The van der Waals surface area contributed by atoms with Crippen LogP contribution in [0.1, 0.15) is 43.1 Å². The molecule has 45 heavy (non-hydrogen) atoms. The Morgan fingerprint density at radius 1 is 1.04 bits per heavy atom. The Kier molecular flexibility index (Phi) is 9.79. The quantitative estimate of drug-likeness (QED) is 0.393. The number of carboxylic acids is 1. The molecule has 0 radical (unpaired) electrons. The Bertz CT molecular complexity index is 1490. The number of rotatable bonds is 10. The Morgan fingerprint density at radius 2 is 1.78 bits per heavy atom. The minimum atomic E-state index is -1.15. The van der Waals surface area contributed by atoms with Crippen molar-refractivity contribution in [3.8, 4) is 5.75 Å². The summed E-state index contributed by atoms with van der Waals surface area (Å²) in [7, 11) is 0. The van der Waals surface area contributed by atoms with Crippen LogP contribution >= 0.6 is 0 Å². The van der Waals surface area contributed by atoms with Crippen LogP contribution in [-0.4, -0.2) is 119 Å². The summed E-state index contributed by atoms with van der Waals surface area (Å²) in [6, 6.07) is 7.18. The maximum atomic E-state index is 13.5. The highest BCUT2D eigenvalue weighted by atomic mass is 16.6.